The average molecular weight is 512 g/mol. The number of nitrogens with two attached hydrogens (primary N) is 1. The highest BCUT2D eigenvalue weighted by atomic mass is 35.5. The van der Waals surface area contributed by atoms with Crippen LogP contribution in [0.25, 0.3) is 0 Å². The van der Waals surface area contributed by atoms with E-state index in [2.05, 4.69) is 9.97 Å². The molecule has 0 amide bonds. The molecule has 0 unspecified atom stereocenters. The Kier molecular flexibility index (Phi) is 6.72. The summed E-state index contributed by atoms with van der Waals surface area (Å²) >= 11 is 12.2. The van der Waals surface area contributed by atoms with Gasteiger partial charge in [0.2, 0.25) is 5.88 Å². The molecule has 0 bridgehead atoms. The minimum Gasteiger partial charge on any atom is -0.489 e. The fourth-order valence-corrected chi connectivity index (χ4v) is 3.87. The van der Waals surface area contributed by atoms with Gasteiger partial charge in [-0.05, 0) is 24.3 Å². The zero-order valence-corrected chi connectivity index (χ0v) is 19.0. The molecule has 34 heavy (non-hydrogen) atoms. The van der Waals surface area contributed by atoms with E-state index in [0.29, 0.717) is 32.6 Å². The van der Waals surface area contributed by atoms with Crippen molar-refractivity contribution < 1.29 is 22.6 Å². The van der Waals surface area contributed by atoms with Gasteiger partial charge in [-0.2, -0.15) is 13.2 Å². The van der Waals surface area contributed by atoms with Crippen LogP contribution >= 0.6 is 23.2 Å². The van der Waals surface area contributed by atoms with Crippen LogP contribution < -0.4 is 20.1 Å². The number of nitrogen functional groups attached to an aromatic ring is 1. The third kappa shape index (κ3) is 5.28. The summed E-state index contributed by atoms with van der Waals surface area (Å²) in [4.78, 5) is 9.14. The number of halogens is 5. The van der Waals surface area contributed by atoms with Crippen LogP contribution in [-0.2, 0) is 6.61 Å². The first-order valence-corrected chi connectivity index (χ1v) is 10.7. The Labute approximate surface area is 202 Å². The third-order valence-corrected chi connectivity index (χ3v) is 5.71. The Hall–Kier alpha value is -3.24. The molecular weight excluding hydrogens is 494 g/mol. The van der Waals surface area contributed by atoms with Gasteiger partial charge in [-0.25, -0.2) is 4.98 Å². The largest absolute Gasteiger partial charge is 0.489 e. The number of alkyl halides is 3. The van der Waals surface area contributed by atoms with E-state index in [1.54, 1.807) is 18.2 Å². The van der Waals surface area contributed by atoms with Crippen LogP contribution in [0.15, 0.2) is 42.9 Å². The SMILES string of the molecule is N=C(c1cnc2c(c1)N(CC(F)(F)F)CCO2)c1cc(OCc2c(Cl)cncc2Cl)ccc1N. The van der Waals surface area contributed by atoms with Crippen molar-refractivity contribution in [1.29, 1.82) is 5.41 Å². The lowest BCUT2D eigenvalue weighted by atomic mass is 10.0. The van der Waals surface area contributed by atoms with Gasteiger partial charge in [0.1, 0.15) is 31.2 Å². The van der Waals surface area contributed by atoms with Gasteiger partial charge >= 0.3 is 6.18 Å². The second kappa shape index (κ2) is 9.55. The van der Waals surface area contributed by atoms with Crippen LogP contribution in [0.5, 0.6) is 11.6 Å². The van der Waals surface area contributed by atoms with E-state index in [9.17, 15) is 13.2 Å². The molecule has 0 saturated heterocycles. The van der Waals surface area contributed by atoms with Crippen LogP contribution in [0.2, 0.25) is 10.0 Å². The molecule has 2 aromatic heterocycles. The number of rotatable bonds is 6. The maximum Gasteiger partial charge on any atom is 0.405 e. The number of fused-ring (bicyclic) bond motifs is 1. The molecule has 3 N–H and O–H groups in total. The van der Waals surface area contributed by atoms with Crippen molar-refractivity contribution in [3.8, 4) is 11.6 Å². The van der Waals surface area contributed by atoms with E-state index < -0.39 is 12.7 Å². The van der Waals surface area contributed by atoms with Crippen LogP contribution in [0.1, 0.15) is 16.7 Å². The van der Waals surface area contributed by atoms with Gasteiger partial charge in [0.15, 0.2) is 0 Å². The average Bonchev–Trinajstić information content (AvgIpc) is 2.78. The van der Waals surface area contributed by atoms with Gasteiger partial charge in [0, 0.05) is 41.0 Å². The summed E-state index contributed by atoms with van der Waals surface area (Å²) in [5, 5.41) is 9.33. The highest BCUT2D eigenvalue weighted by molar-refractivity contribution is 6.35. The quantitative estimate of drug-likeness (QED) is 0.352. The molecule has 0 aliphatic carbocycles. The van der Waals surface area contributed by atoms with Crippen molar-refractivity contribution >= 4 is 40.3 Å². The van der Waals surface area contributed by atoms with E-state index in [1.165, 1.54) is 24.7 Å². The predicted octanol–water partition coefficient (Wildman–Crippen LogP) is 5.12. The molecule has 1 aliphatic rings. The summed E-state index contributed by atoms with van der Waals surface area (Å²) in [5.74, 6) is 0.481. The van der Waals surface area contributed by atoms with Crippen molar-refractivity contribution in [2.75, 3.05) is 30.3 Å². The molecule has 7 nitrogen and oxygen atoms in total. The Bertz CT molecular complexity index is 1220. The third-order valence-electron chi connectivity index (χ3n) is 5.06. The molecule has 1 aliphatic heterocycles. The Morgan fingerprint density at radius 1 is 1.18 bits per heavy atom. The summed E-state index contributed by atoms with van der Waals surface area (Å²) in [6.45, 7) is -0.949. The molecule has 12 heteroatoms. The number of nitrogens with zero attached hydrogens (tertiary/aromatic N) is 3. The van der Waals surface area contributed by atoms with Crippen molar-refractivity contribution in [1.82, 2.24) is 9.97 Å². The number of anilines is 2. The van der Waals surface area contributed by atoms with Gasteiger partial charge in [-0.3, -0.25) is 10.4 Å². The van der Waals surface area contributed by atoms with Crippen molar-refractivity contribution in [2.24, 2.45) is 0 Å². The molecule has 0 radical (unpaired) electrons. The van der Waals surface area contributed by atoms with Crippen molar-refractivity contribution in [3.05, 3.63) is 69.6 Å². The molecule has 4 rings (SSSR count). The van der Waals surface area contributed by atoms with Gasteiger partial charge in [-0.15, -0.1) is 0 Å². The van der Waals surface area contributed by atoms with E-state index in [1.807, 2.05) is 0 Å². The summed E-state index contributed by atoms with van der Waals surface area (Å²) in [7, 11) is 0. The smallest absolute Gasteiger partial charge is 0.405 e. The Balaban J connectivity index is 1.59. The molecule has 3 heterocycles. The summed E-state index contributed by atoms with van der Waals surface area (Å²) in [5.41, 5.74) is 7.66. The second-order valence-corrected chi connectivity index (χ2v) is 8.24. The molecule has 1 aromatic carbocycles. The zero-order valence-electron chi connectivity index (χ0n) is 17.5. The summed E-state index contributed by atoms with van der Waals surface area (Å²) in [6.07, 6.45) is -0.132. The fourth-order valence-electron chi connectivity index (χ4n) is 3.40. The number of benzene rings is 1. The van der Waals surface area contributed by atoms with Gasteiger partial charge < -0.3 is 20.1 Å². The van der Waals surface area contributed by atoms with Crippen LogP contribution in [0.3, 0.4) is 0 Å². The van der Waals surface area contributed by atoms with Crippen LogP contribution in [0, 0.1) is 5.41 Å². The molecule has 0 fully saturated rings. The van der Waals surface area contributed by atoms with Gasteiger partial charge in [0.05, 0.1) is 22.3 Å². The van der Waals surface area contributed by atoms with E-state index in [-0.39, 0.29) is 42.6 Å². The number of nitrogens with one attached hydrogen (secondary N) is 1. The van der Waals surface area contributed by atoms with Crippen LogP contribution in [0.4, 0.5) is 24.5 Å². The first-order valence-electron chi connectivity index (χ1n) is 9.96. The maximum absolute atomic E-state index is 13.0. The molecule has 0 atom stereocenters. The molecule has 0 spiro atoms. The minimum absolute atomic E-state index is 0.0317. The number of hydrogen-bond acceptors (Lipinski definition) is 7. The molecule has 178 valence electrons. The highest BCUT2D eigenvalue weighted by Crippen LogP contribution is 2.34. The molecular formula is C22H18Cl2F3N5O2. The summed E-state index contributed by atoms with van der Waals surface area (Å²) < 4.78 is 50.2. The zero-order chi connectivity index (χ0) is 24.5. The van der Waals surface area contributed by atoms with Crippen molar-refractivity contribution in [3.63, 3.8) is 0 Å². The first kappa shape index (κ1) is 23.9. The van der Waals surface area contributed by atoms with E-state index in [0.717, 1.165) is 4.90 Å². The monoisotopic (exact) mass is 511 g/mol. The molecule has 0 saturated carbocycles. The Morgan fingerprint density at radius 3 is 2.62 bits per heavy atom. The lowest BCUT2D eigenvalue weighted by Crippen LogP contribution is -2.40. The summed E-state index contributed by atoms with van der Waals surface area (Å²) in [6, 6.07) is 6.20. The van der Waals surface area contributed by atoms with E-state index in [4.69, 9.17) is 43.8 Å². The normalized spacial score (nSPS) is 13.3. The lowest BCUT2D eigenvalue weighted by Gasteiger charge is -2.31. The fraction of sp³-hybridized carbons (Fsp3) is 0.227. The predicted molar refractivity (Wildman–Crippen MR) is 123 cm³/mol. The van der Waals surface area contributed by atoms with Crippen LogP contribution in [-0.4, -0.2) is 41.6 Å². The Morgan fingerprint density at radius 2 is 1.91 bits per heavy atom. The topological polar surface area (TPSA) is 97.4 Å². The maximum atomic E-state index is 13.0. The number of aromatic nitrogens is 2. The number of ether oxygens (including phenoxy) is 2. The number of hydrogen-bond donors (Lipinski definition) is 2. The minimum atomic E-state index is -4.39. The standard InChI is InChI=1S/C22H18Cl2F3N5O2/c23-16-8-30-9-17(24)15(16)10-34-13-1-2-18(28)14(6-13)20(29)12-5-19-21(31-7-12)33-4-3-32(19)11-22(25,26)27/h1-2,5-9,29H,3-4,10-11,28H2. The van der Waals surface area contributed by atoms with Gasteiger partial charge in [0.25, 0.3) is 0 Å². The number of pyridine rings is 2. The van der Waals surface area contributed by atoms with Crippen molar-refractivity contribution in [2.45, 2.75) is 12.8 Å². The van der Waals surface area contributed by atoms with E-state index >= 15 is 0 Å². The first-order chi connectivity index (χ1) is 16.1. The highest BCUT2D eigenvalue weighted by Gasteiger charge is 2.34. The second-order valence-electron chi connectivity index (χ2n) is 7.43. The lowest BCUT2D eigenvalue weighted by molar-refractivity contribution is -0.120. The molecule has 3 aromatic rings. The van der Waals surface area contributed by atoms with Gasteiger partial charge in [-0.1, -0.05) is 23.2 Å².